The lowest BCUT2D eigenvalue weighted by atomic mass is 9.82. The van der Waals surface area contributed by atoms with Gasteiger partial charge >= 0.3 is 11.9 Å². The number of unbranched alkanes of at least 4 members (excludes halogenated alkanes) is 8. The van der Waals surface area contributed by atoms with E-state index in [2.05, 4.69) is 6.92 Å². The molecule has 0 aliphatic carbocycles. The molecule has 1 rings (SSSR count). The Morgan fingerprint density at radius 1 is 0.793 bits per heavy atom. The van der Waals surface area contributed by atoms with Crippen molar-refractivity contribution in [1.82, 2.24) is 0 Å². The molecule has 0 amide bonds. The molecule has 164 valence electrons. The van der Waals surface area contributed by atoms with Crippen molar-refractivity contribution in [2.24, 2.45) is 5.41 Å². The number of hydrogen-bond donors (Lipinski definition) is 0. The normalized spacial score (nSPS) is 11.3. The second-order valence-electron chi connectivity index (χ2n) is 7.60. The summed E-state index contributed by atoms with van der Waals surface area (Å²) >= 11 is 5.86. The minimum absolute atomic E-state index is 0.340. The Balaban J connectivity index is 2.40. The summed E-state index contributed by atoms with van der Waals surface area (Å²) in [7, 11) is 0. The molecule has 0 aliphatic rings. The smallest absolute Gasteiger partial charge is 0.328 e. The van der Waals surface area contributed by atoms with Gasteiger partial charge in [0.05, 0.1) is 6.61 Å². The number of rotatable bonds is 15. The van der Waals surface area contributed by atoms with E-state index < -0.39 is 17.4 Å². The van der Waals surface area contributed by atoms with E-state index in [1.807, 2.05) is 13.8 Å². The standard InChI is InChI=1S/C24H37ClO4/c1-4-7-8-9-10-11-12-13-14-19-28-22(26)24(5-2,6-3)23(27)29-21-17-15-20(25)16-18-21/h15-18H,4-14,19H2,1-3H3. The Hall–Kier alpha value is -1.55. The van der Waals surface area contributed by atoms with E-state index in [9.17, 15) is 9.59 Å². The highest BCUT2D eigenvalue weighted by atomic mass is 35.5. The first kappa shape index (κ1) is 25.5. The van der Waals surface area contributed by atoms with Crippen molar-refractivity contribution in [2.45, 2.75) is 91.4 Å². The lowest BCUT2D eigenvalue weighted by molar-refractivity contribution is -0.168. The maximum Gasteiger partial charge on any atom is 0.328 e. The van der Waals surface area contributed by atoms with E-state index in [0.29, 0.717) is 30.2 Å². The first-order valence-corrected chi connectivity index (χ1v) is 11.5. The van der Waals surface area contributed by atoms with E-state index in [1.54, 1.807) is 24.3 Å². The van der Waals surface area contributed by atoms with Gasteiger partial charge in [0, 0.05) is 5.02 Å². The zero-order valence-corrected chi connectivity index (χ0v) is 19.1. The molecule has 0 spiro atoms. The van der Waals surface area contributed by atoms with Crippen molar-refractivity contribution in [2.75, 3.05) is 6.61 Å². The average molecular weight is 425 g/mol. The average Bonchev–Trinajstić information content (AvgIpc) is 2.72. The summed E-state index contributed by atoms with van der Waals surface area (Å²) in [6.45, 7) is 6.20. The number of esters is 2. The van der Waals surface area contributed by atoms with Crippen molar-refractivity contribution < 1.29 is 19.1 Å². The van der Waals surface area contributed by atoms with Crippen LogP contribution in [-0.2, 0) is 14.3 Å². The number of hydrogen-bond acceptors (Lipinski definition) is 4. The fraction of sp³-hybridized carbons (Fsp3) is 0.667. The van der Waals surface area contributed by atoms with Gasteiger partial charge in [0.2, 0.25) is 0 Å². The van der Waals surface area contributed by atoms with Crippen LogP contribution in [0, 0.1) is 5.41 Å². The minimum atomic E-state index is -1.26. The second kappa shape index (κ2) is 14.4. The largest absolute Gasteiger partial charge is 0.465 e. The Bertz CT molecular complexity index is 593. The molecule has 29 heavy (non-hydrogen) atoms. The van der Waals surface area contributed by atoms with Crippen LogP contribution in [0.5, 0.6) is 5.75 Å². The molecular formula is C24H37ClO4. The zero-order valence-electron chi connectivity index (χ0n) is 18.3. The molecule has 0 aliphatic heterocycles. The lowest BCUT2D eigenvalue weighted by Gasteiger charge is -2.26. The van der Waals surface area contributed by atoms with Gasteiger partial charge in [-0.25, -0.2) is 0 Å². The molecular weight excluding hydrogens is 388 g/mol. The summed E-state index contributed by atoms with van der Waals surface area (Å²) in [5.41, 5.74) is -1.26. The summed E-state index contributed by atoms with van der Waals surface area (Å²) in [5, 5.41) is 0.558. The minimum Gasteiger partial charge on any atom is -0.465 e. The first-order valence-electron chi connectivity index (χ1n) is 11.1. The van der Waals surface area contributed by atoms with E-state index in [0.717, 1.165) is 19.3 Å². The van der Waals surface area contributed by atoms with Gasteiger partial charge in [-0.3, -0.25) is 9.59 Å². The highest BCUT2D eigenvalue weighted by molar-refractivity contribution is 6.30. The molecule has 0 fully saturated rings. The van der Waals surface area contributed by atoms with E-state index in [1.165, 1.54) is 38.5 Å². The Morgan fingerprint density at radius 3 is 1.83 bits per heavy atom. The maximum absolute atomic E-state index is 12.7. The van der Waals surface area contributed by atoms with E-state index in [4.69, 9.17) is 21.1 Å². The SMILES string of the molecule is CCCCCCCCCCCOC(=O)C(CC)(CC)C(=O)Oc1ccc(Cl)cc1. The third kappa shape index (κ3) is 8.77. The molecule has 0 saturated heterocycles. The molecule has 0 atom stereocenters. The van der Waals surface area contributed by atoms with Crippen molar-refractivity contribution in [3.05, 3.63) is 29.3 Å². The van der Waals surface area contributed by atoms with Gasteiger partial charge in [0.1, 0.15) is 5.75 Å². The van der Waals surface area contributed by atoms with Crippen molar-refractivity contribution in [3.63, 3.8) is 0 Å². The van der Waals surface area contributed by atoms with E-state index in [-0.39, 0.29) is 0 Å². The molecule has 0 N–H and O–H groups in total. The molecule has 0 saturated carbocycles. The Labute approximate surface area is 181 Å². The fourth-order valence-corrected chi connectivity index (χ4v) is 3.46. The quantitative estimate of drug-likeness (QED) is 0.130. The van der Waals surface area contributed by atoms with Crippen LogP contribution in [0.4, 0.5) is 0 Å². The van der Waals surface area contributed by atoms with Gasteiger partial charge in [-0.2, -0.15) is 0 Å². The monoisotopic (exact) mass is 424 g/mol. The van der Waals surface area contributed by atoms with Crippen LogP contribution in [0.1, 0.15) is 91.4 Å². The number of benzene rings is 1. The third-order valence-electron chi connectivity index (χ3n) is 5.49. The number of halogens is 1. The number of carbonyl (C=O) groups excluding carboxylic acids is 2. The molecule has 0 bridgehead atoms. The molecule has 1 aromatic rings. The predicted octanol–water partition coefficient (Wildman–Crippen LogP) is 7.13. The van der Waals surface area contributed by atoms with Crippen LogP contribution in [-0.4, -0.2) is 18.5 Å². The predicted molar refractivity (Wildman–Crippen MR) is 118 cm³/mol. The first-order chi connectivity index (χ1) is 14.0. The molecule has 5 heteroatoms. The highest BCUT2D eigenvalue weighted by Gasteiger charge is 2.46. The van der Waals surface area contributed by atoms with Gasteiger partial charge in [-0.15, -0.1) is 0 Å². The van der Waals surface area contributed by atoms with Crippen molar-refractivity contribution in [3.8, 4) is 5.75 Å². The Kier molecular flexibility index (Phi) is 12.7. The molecule has 4 nitrogen and oxygen atoms in total. The van der Waals surface area contributed by atoms with Crippen LogP contribution in [0.15, 0.2) is 24.3 Å². The molecule has 0 heterocycles. The lowest BCUT2D eigenvalue weighted by Crippen LogP contribution is -2.42. The molecule has 0 unspecified atom stereocenters. The van der Waals surface area contributed by atoms with Crippen LogP contribution in [0.25, 0.3) is 0 Å². The number of carbonyl (C=O) groups is 2. The zero-order chi connectivity index (χ0) is 21.5. The van der Waals surface area contributed by atoms with Gasteiger partial charge in [0.25, 0.3) is 0 Å². The fourth-order valence-electron chi connectivity index (χ4n) is 3.33. The Morgan fingerprint density at radius 2 is 1.31 bits per heavy atom. The van der Waals surface area contributed by atoms with Crippen molar-refractivity contribution in [1.29, 1.82) is 0 Å². The second-order valence-corrected chi connectivity index (χ2v) is 8.03. The van der Waals surface area contributed by atoms with Gasteiger partial charge in [-0.1, -0.05) is 83.7 Å². The van der Waals surface area contributed by atoms with Crippen LogP contribution in [0.2, 0.25) is 5.02 Å². The summed E-state index contributed by atoms with van der Waals surface area (Å²) in [5.74, 6) is -0.680. The molecule has 0 aromatic heterocycles. The molecule has 1 aromatic carbocycles. The molecule has 0 radical (unpaired) electrons. The maximum atomic E-state index is 12.7. The summed E-state index contributed by atoms with van der Waals surface area (Å²) in [6, 6.07) is 6.52. The van der Waals surface area contributed by atoms with Gasteiger partial charge < -0.3 is 9.47 Å². The summed E-state index contributed by atoms with van der Waals surface area (Å²) in [6.07, 6.45) is 11.5. The van der Waals surface area contributed by atoms with Crippen LogP contribution < -0.4 is 4.74 Å². The van der Waals surface area contributed by atoms with Gasteiger partial charge in [0.15, 0.2) is 5.41 Å². The van der Waals surface area contributed by atoms with Gasteiger partial charge in [-0.05, 0) is 43.5 Å². The van der Waals surface area contributed by atoms with Crippen LogP contribution in [0.3, 0.4) is 0 Å². The van der Waals surface area contributed by atoms with Crippen molar-refractivity contribution >= 4 is 23.5 Å². The number of ether oxygens (including phenoxy) is 2. The van der Waals surface area contributed by atoms with E-state index >= 15 is 0 Å². The highest BCUT2D eigenvalue weighted by Crippen LogP contribution is 2.31. The topological polar surface area (TPSA) is 52.6 Å². The summed E-state index contributed by atoms with van der Waals surface area (Å²) in [4.78, 5) is 25.5. The van der Waals surface area contributed by atoms with Crippen LogP contribution >= 0.6 is 11.6 Å². The third-order valence-corrected chi connectivity index (χ3v) is 5.75. The summed E-state index contributed by atoms with van der Waals surface area (Å²) < 4.78 is 10.9.